The van der Waals surface area contributed by atoms with Gasteiger partial charge in [-0.25, -0.2) is 0 Å². The molecular formula is C6H13NaO3. The summed E-state index contributed by atoms with van der Waals surface area (Å²) in [5.74, 6) is 0. The van der Waals surface area contributed by atoms with Gasteiger partial charge in [0.2, 0.25) is 0 Å². The van der Waals surface area contributed by atoms with Crippen molar-refractivity contribution < 1.29 is 44.1 Å². The first-order valence-corrected chi connectivity index (χ1v) is 3.12. The molecule has 0 N–H and O–H groups in total. The van der Waals surface area contributed by atoms with Gasteiger partial charge >= 0.3 is 29.6 Å². The van der Waals surface area contributed by atoms with Gasteiger partial charge in [-0.15, -0.1) is 0 Å². The Morgan fingerprint density at radius 1 is 1.40 bits per heavy atom. The Morgan fingerprint density at radius 3 is 2.40 bits per heavy atom. The molecule has 56 valence electrons. The van der Waals surface area contributed by atoms with Crippen LogP contribution in [0.25, 0.3) is 0 Å². The van der Waals surface area contributed by atoms with Crippen LogP contribution in [0.4, 0.5) is 0 Å². The fourth-order valence-corrected chi connectivity index (χ4v) is 0.417. The van der Waals surface area contributed by atoms with E-state index < -0.39 is 6.29 Å². The van der Waals surface area contributed by atoms with Crippen LogP contribution < -0.4 is 34.7 Å². The summed E-state index contributed by atoms with van der Waals surface area (Å²) in [6, 6.07) is 0. The van der Waals surface area contributed by atoms with Gasteiger partial charge in [0.05, 0.1) is 13.2 Å². The van der Waals surface area contributed by atoms with Gasteiger partial charge in [-0.3, -0.25) is 0 Å². The molecular weight excluding hydrogens is 143 g/mol. The summed E-state index contributed by atoms with van der Waals surface area (Å²) in [5, 5.41) is 10.2. The molecule has 0 heterocycles. The monoisotopic (exact) mass is 156 g/mol. The molecule has 1 unspecified atom stereocenters. The minimum absolute atomic E-state index is 0. The van der Waals surface area contributed by atoms with Crippen LogP contribution in [0.1, 0.15) is 13.8 Å². The van der Waals surface area contributed by atoms with E-state index in [9.17, 15) is 5.11 Å². The van der Waals surface area contributed by atoms with Crippen LogP contribution in [0.15, 0.2) is 0 Å². The molecule has 0 amide bonds. The summed E-state index contributed by atoms with van der Waals surface area (Å²) in [6.07, 6.45) is -0.926. The molecule has 0 aliphatic carbocycles. The van der Waals surface area contributed by atoms with Gasteiger partial charge in [0, 0.05) is 6.61 Å². The summed E-state index contributed by atoms with van der Waals surface area (Å²) in [4.78, 5) is 0. The van der Waals surface area contributed by atoms with Crippen LogP contribution in [0.5, 0.6) is 0 Å². The molecule has 1 atom stereocenters. The Morgan fingerprint density at radius 2 is 2.00 bits per heavy atom. The molecule has 0 aliphatic heterocycles. The second kappa shape index (κ2) is 9.88. The Kier molecular flexibility index (Phi) is 13.3. The van der Waals surface area contributed by atoms with Crippen molar-refractivity contribution in [3.8, 4) is 0 Å². The zero-order chi connectivity index (χ0) is 7.11. The molecule has 10 heavy (non-hydrogen) atoms. The van der Waals surface area contributed by atoms with E-state index in [1.807, 2.05) is 6.92 Å². The predicted molar refractivity (Wildman–Crippen MR) is 31.9 cm³/mol. The second-order valence-corrected chi connectivity index (χ2v) is 1.64. The van der Waals surface area contributed by atoms with E-state index in [1.54, 1.807) is 0 Å². The van der Waals surface area contributed by atoms with Crippen LogP contribution in [0.2, 0.25) is 0 Å². The average Bonchev–Trinajstić information content (AvgIpc) is 1.80. The quantitative estimate of drug-likeness (QED) is 0.238. The van der Waals surface area contributed by atoms with Crippen molar-refractivity contribution in [2.75, 3.05) is 19.8 Å². The van der Waals surface area contributed by atoms with E-state index in [2.05, 4.69) is 4.74 Å². The van der Waals surface area contributed by atoms with Crippen molar-refractivity contribution >= 4 is 0 Å². The number of rotatable bonds is 5. The Labute approximate surface area is 84.0 Å². The third-order valence-electron chi connectivity index (χ3n) is 0.784. The molecule has 0 fully saturated rings. The van der Waals surface area contributed by atoms with Crippen molar-refractivity contribution in [3.63, 3.8) is 0 Å². The van der Waals surface area contributed by atoms with E-state index in [0.29, 0.717) is 19.8 Å². The molecule has 0 aromatic heterocycles. The summed E-state index contributed by atoms with van der Waals surface area (Å²) in [7, 11) is 0. The molecule has 0 radical (unpaired) electrons. The van der Waals surface area contributed by atoms with Gasteiger partial charge in [-0.1, -0.05) is 6.92 Å². The maximum atomic E-state index is 10.2. The molecule has 0 aliphatic rings. The zero-order valence-electron chi connectivity index (χ0n) is 6.92. The van der Waals surface area contributed by atoms with Crippen LogP contribution >= 0.6 is 0 Å². The first kappa shape index (κ1) is 13.5. The normalized spacial score (nSPS) is 12.3. The van der Waals surface area contributed by atoms with E-state index in [1.165, 1.54) is 6.92 Å². The number of hydrogen-bond acceptors (Lipinski definition) is 3. The second-order valence-electron chi connectivity index (χ2n) is 1.64. The van der Waals surface area contributed by atoms with E-state index in [4.69, 9.17) is 4.74 Å². The summed E-state index contributed by atoms with van der Waals surface area (Å²) < 4.78 is 9.58. The molecule has 4 heteroatoms. The largest absolute Gasteiger partial charge is 1.00 e. The first-order valence-electron chi connectivity index (χ1n) is 3.12. The van der Waals surface area contributed by atoms with Gasteiger partial charge in [-0.2, -0.15) is 0 Å². The van der Waals surface area contributed by atoms with Crippen LogP contribution in [0.3, 0.4) is 0 Å². The SMILES string of the molecule is CCOCCOC(C)[O-].[Na+]. The third-order valence-corrected chi connectivity index (χ3v) is 0.784. The third kappa shape index (κ3) is 11.6. The smallest absolute Gasteiger partial charge is 0.831 e. The van der Waals surface area contributed by atoms with E-state index >= 15 is 0 Å². The summed E-state index contributed by atoms with van der Waals surface area (Å²) in [5.41, 5.74) is 0. The fraction of sp³-hybridized carbons (Fsp3) is 1.00. The molecule has 0 bridgehead atoms. The van der Waals surface area contributed by atoms with E-state index in [-0.39, 0.29) is 29.6 Å². The van der Waals surface area contributed by atoms with Gasteiger partial charge < -0.3 is 14.6 Å². The topological polar surface area (TPSA) is 41.5 Å². The molecule has 0 saturated heterocycles. The van der Waals surface area contributed by atoms with Crippen LogP contribution in [0, 0.1) is 0 Å². The number of hydrogen-bond donors (Lipinski definition) is 0. The Hall–Kier alpha value is 0.880. The molecule has 0 rings (SSSR count). The first-order chi connectivity index (χ1) is 4.27. The standard InChI is InChI=1S/C6H13O3.Na/c1-3-8-4-5-9-6(2)7;/h6H,3-5H2,1-2H3;/q-1;+1. The molecule has 0 aromatic carbocycles. The summed E-state index contributed by atoms with van der Waals surface area (Å²) in [6.45, 7) is 4.96. The van der Waals surface area contributed by atoms with Crippen molar-refractivity contribution in [2.45, 2.75) is 20.1 Å². The van der Waals surface area contributed by atoms with Gasteiger partial charge in [0.15, 0.2) is 0 Å². The molecule has 3 nitrogen and oxygen atoms in total. The van der Waals surface area contributed by atoms with E-state index in [0.717, 1.165) is 0 Å². The van der Waals surface area contributed by atoms with Gasteiger partial charge in [0.25, 0.3) is 0 Å². The van der Waals surface area contributed by atoms with Crippen LogP contribution in [-0.2, 0) is 9.47 Å². The van der Waals surface area contributed by atoms with Gasteiger partial charge in [-0.05, 0) is 13.2 Å². The molecule has 0 saturated carbocycles. The molecule has 0 spiro atoms. The van der Waals surface area contributed by atoms with Gasteiger partial charge in [0.1, 0.15) is 0 Å². The number of ether oxygens (including phenoxy) is 2. The van der Waals surface area contributed by atoms with Crippen LogP contribution in [-0.4, -0.2) is 26.1 Å². The Bertz CT molecular complexity index is 59.0. The van der Waals surface area contributed by atoms with Crippen molar-refractivity contribution in [3.05, 3.63) is 0 Å². The van der Waals surface area contributed by atoms with Crippen molar-refractivity contribution in [2.24, 2.45) is 0 Å². The minimum atomic E-state index is -0.926. The van der Waals surface area contributed by atoms with Crippen molar-refractivity contribution in [1.29, 1.82) is 0 Å². The minimum Gasteiger partial charge on any atom is -0.831 e. The van der Waals surface area contributed by atoms with Crippen molar-refractivity contribution in [1.82, 2.24) is 0 Å². The fourth-order valence-electron chi connectivity index (χ4n) is 0.417. The summed E-state index contributed by atoms with van der Waals surface area (Å²) >= 11 is 0. The maximum Gasteiger partial charge on any atom is 1.00 e. The average molecular weight is 156 g/mol. The molecule has 0 aromatic rings. The Balaban J connectivity index is 0. The maximum absolute atomic E-state index is 10.2. The zero-order valence-corrected chi connectivity index (χ0v) is 8.92. The predicted octanol–water partition coefficient (Wildman–Crippen LogP) is -3.25.